The largest absolute Gasteiger partial charge is 0.373 e. The molecule has 2 heterocycles. The Labute approximate surface area is 81.3 Å². The van der Waals surface area contributed by atoms with Crippen molar-refractivity contribution in [1.82, 2.24) is 9.97 Å². The molecule has 1 aliphatic heterocycles. The fraction of sp³-hybridized carbons (Fsp3) is 0.556. The van der Waals surface area contributed by atoms with Gasteiger partial charge in [0, 0.05) is 6.42 Å². The first-order valence-electron chi connectivity index (χ1n) is 4.70. The normalized spacial score (nSPS) is 20.5. The Kier molecular flexibility index (Phi) is 2.25. The Bertz CT molecular complexity index is 400. The summed E-state index contributed by atoms with van der Waals surface area (Å²) in [6.45, 7) is 2.39. The van der Waals surface area contributed by atoms with Gasteiger partial charge in [-0.3, -0.25) is 9.78 Å². The maximum absolute atomic E-state index is 11.4. The fourth-order valence-electron chi connectivity index (χ4n) is 1.62. The average Bonchev–Trinajstić information content (AvgIpc) is 2.16. The van der Waals surface area contributed by atoms with Gasteiger partial charge in [0.1, 0.15) is 0 Å². The van der Waals surface area contributed by atoms with Gasteiger partial charge in [-0.25, -0.2) is 4.98 Å². The third-order valence-corrected chi connectivity index (χ3v) is 2.46. The second-order valence-electron chi connectivity index (χ2n) is 3.42. The number of hydrogen-bond donors (Lipinski definition) is 2. The summed E-state index contributed by atoms with van der Waals surface area (Å²) in [7, 11) is 0. The van der Waals surface area contributed by atoms with Crippen LogP contribution in [0.5, 0.6) is 0 Å². The molecule has 0 amide bonds. The van der Waals surface area contributed by atoms with E-state index in [1.807, 2.05) is 6.92 Å². The van der Waals surface area contributed by atoms with Gasteiger partial charge in [0.15, 0.2) is 0 Å². The number of hydrogen-bond acceptors (Lipinski definition) is 4. The van der Waals surface area contributed by atoms with Gasteiger partial charge >= 0.3 is 0 Å². The van der Waals surface area contributed by atoms with Crippen LogP contribution >= 0.6 is 0 Å². The molecular weight excluding hydrogens is 182 g/mol. The molecule has 0 saturated heterocycles. The second-order valence-corrected chi connectivity index (χ2v) is 3.42. The van der Waals surface area contributed by atoms with Gasteiger partial charge in [-0.05, 0) is 6.42 Å². The van der Waals surface area contributed by atoms with Crippen LogP contribution in [0.1, 0.15) is 24.6 Å². The van der Waals surface area contributed by atoms with Crippen molar-refractivity contribution in [3.63, 3.8) is 0 Å². The van der Waals surface area contributed by atoms with Gasteiger partial charge in [-0.1, -0.05) is 6.92 Å². The van der Waals surface area contributed by atoms with Crippen LogP contribution in [0.25, 0.3) is 0 Å². The standard InChI is InChI=1S/C9H13N3O2/c1-2-5-3-7-6(4-14-5)8(13)12-9(10)11-7/h5H,2-4H2,1H3,(H3,10,11,12,13). The Hall–Kier alpha value is -1.36. The number of anilines is 1. The number of aromatic nitrogens is 2. The van der Waals surface area contributed by atoms with Crippen molar-refractivity contribution in [2.24, 2.45) is 0 Å². The summed E-state index contributed by atoms with van der Waals surface area (Å²) in [6.07, 6.45) is 1.77. The molecule has 1 aliphatic rings. The van der Waals surface area contributed by atoms with Crippen LogP contribution in [-0.2, 0) is 17.8 Å². The maximum atomic E-state index is 11.4. The number of ether oxygens (including phenoxy) is 1. The van der Waals surface area contributed by atoms with Crippen LogP contribution < -0.4 is 11.3 Å². The Morgan fingerprint density at radius 3 is 3.21 bits per heavy atom. The summed E-state index contributed by atoms with van der Waals surface area (Å²) in [5, 5.41) is 0. The van der Waals surface area contributed by atoms with E-state index in [0.717, 1.165) is 12.1 Å². The SMILES string of the molecule is CCC1Cc2nc(N)[nH]c(=O)c2CO1. The molecule has 5 heteroatoms. The Morgan fingerprint density at radius 2 is 2.50 bits per heavy atom. The van der Waals surface area contributed by atoms with Gasteiger partial charge < -0.3 is 10.5 Å². The summed E-state index contributed by atoms with van der Waals surface area (Å²) in [4.78, 5) is 18.0. The highest BCUT2D eigenvalue weighted by molar-refractivity contribution is 5.26. The minimum absolute atomic E-state index is 0.163. The zero-order valence-electron chi connectivity index (χ0n) is 8.04. The fourth-order valence-corrected chi connectivity index (χ4v) is 1.62. The molecule has 1 atom stereocenters. The van der Waals surface area contributed by atoms with E-state index >= 15 is 0 Å². The van der Waals surface area contributed by atoms with E-state index in [0.29, 0.717) is 18.6 Å². The van der Waals surface area contributed by atoms with Crippen LogP contribution in [-0.4, -0.2) is 16.1 Å². The van der Waals surface area contributed by atoms with Crippen molar-refractivity contribution in [2.75, 3.05) is 5.73 Å². The molecule has 5 nitrogen and oxygen atoms in total. The van der Waals surface area contributed by atoms with Crippen LogP contribution in [0.15, 0.2) is 4.79 Å². The summed E-state index contributed by atoms with van der Waals surface area (Å²) in [5.41, 5.74) is 6.68. The third-order valence-electron chi connectivity index (χ3n) is 2.46. The number of rotatable bonds is 1. The van der Waals surface area contributed by atoms with E-state index < -0.39 is 0 Å². The molecule has 0 radical (unpaired) electrons. The molecular formula is C9H13N3O2. The number of aromatic amines is 1. The van der Waals surface area contributed by atoms with E-state index in [1.54, 1.807) is 0 Å². The number of fused-ring (bicyclic) bond motifs is 1. The third kappa shape index (κ3) is 1.50. The minimum Gasteiger partial charge on any atom is -0.373 e. The number of nitrogens with zero attached hydrogens (tertiary/aromatic N) is 1. The number of nitrogens with two attached hydrogens (primary N) is 1. The zero-order valence-corrected chi connectivity index (χ0v) is 8.04. The highest BCUT2D eigenvalue weighted by Gasteiger charge is 2.21. The van der Waals surface area contributed by atoms with Crippen molar-refractivity contribution in [3.05, 3.63) is 21.6 Å². The minimum atomic E-state index is -0.179. The molecule has 0 aromatic carbocycles. The summed E-state index contributed by atoms with van der Waals surface area (Å²) in [6, 6.07) is 0. The van der Waals surface area contributed by atoms with Gasteiger partial charge in [0.25, 0.3) is 5.56 Å². The summed E-state index contributed by atoms with van der Waals surface area (Å²) in [5.74, 6) is 0.186. The van der Waals surface area contributed by atoms with Crippen molar-refractivity contribution in [1.29, 1.82) is 0 Å². The molecule has 0 bridgehead atoms. The lowest BCUT2D eigenvalue weighted by atomic mass is 10.0. The lowest BCUT2D eigenvalue weighted by Crippen LogP contribution is -2.29. The maximum Gasteiger partial charge on any atom is 0.258 e. The Morgan fingerprint density at radius 1 is 1.71 bits per heavy atom. The van der Waals surface area contributed by atoms with Crippen molar-refractivity contribution in [3.8, 4) is 0 Å². The van der Waals surface area contributed by atoms with Gasteiger partial charge in [-0.15, -0.1) is 0 Å². The lowest BCUT2D eigenvalue weighted by Gasteiger charge is -2.22. The number of nitrogens with one attached hydrogen (secondary N) is 1. The van der Waals surface area contributed by atoms with Crippen LogP contribution in [0, 0.1) is 0 Å². The van der Waals surface area contributed by atoms with E-state index in [1.165, 1.54) is 0 Å². The predicted molar refractivity (Wildman–Crippen MR) is 51.8 cm³/mol. The lowest BCUT2D eigenvalue weighted by molar-refractivity contribution is 0.0242. The second kappa shape index (κ2) is 3.42. The molecule has 0 spiro atoms. The van der Waals surface area contributed by atoms with E-state index in [2.05, 4.69) is 9.97 Å². The van der Waals surface area contributed by atoms with Crippen LogP contribution in [0.4, 0.5) is 5.95 Å². The first kappa shape index (κ1) is 9.21. The molecule has 0 aliphatic carbocycles. The molecule has 1 unspecified atom stereocenters. The van der Waals surface area contributed by atoms with Gasteiger partial charge in [-0.2, -0.15) is 0 Å². The van der Waals surface area contributed by atoms with Crippen LogP contribution in [0.2, 0.25) is 0 Å². The molecule has 0 saturated carbocycles. The van der Waals surface area contributed by atoms with E-state index in [4.69, 9.17) is 10.5 Å². The van der Waals surface area contributed by atoms with Crippen LogP contribution in [0.3, 0.4) is 0 Å². The van der Waals surface area contributed by atoms with Gasteiger partial charge in [0.05, 0.1) is 24.0 Å². The predicted octanol–water partition coefficient (Wildman–Crippen LogP) is 0.203. The zero-order chi connectivity index (χ0) is 10.1. The molecule has 1 aromatic rings. The molecule has 3 N–H and O–H groups in total. The molecule has 14 heavy (non-hydrogen) atoms. The van der Waals surface area contributed by atoms with Crippen molar-refractivity contribution in [2.45, 2.75) is 32.5 Å². The Balaban J connectivity index is 2.42. The van der Waals surface area contributed by atoms with E-state index in [-0.39, 0.29) is 17.6 Å². The first-order chi connectivity index (χ1) is 6.70. The molecule has 76 valence electrons. The summed E-state index contributed by atoms with van der Waals surface area (Å²) < 4.78 is 5.47. The highest BCUT2D eigenvalue weighted by Crippen LogP contribution is 2.17. The highest BCUT2D eigenvalue weighted by atomic mass is 16.5. The van der Waals surface area contributed by atoms with E-state index in [9.17, 15) is 4.79 Å². The first-order valence-corrected chi connectivity index (χ1v) is 4.70. The summed E-state index contributed by atoms with van der Waals surface area (Å²) >= 11 is 0. The smallest absolute Gasteiger partial charge is 0.258 e. The number of H-pyrrole nitrogens is 1. The molecule has 2 rings (SSSR count). The quantitative estimate of drug-likeness (QED) is 0.671. The average molecular weight is 195 g/mol. The number of nitrogen functional groups attached to an aromatic ring is 1. The van der Waals surface area contributed by atoms with Gasteiger partial charge in [0.2, 0.25) is 5.95 Å². The van der Waals surface area contributed by atoms with Crippen molar-refractivity contribution >= 4 is 5.95 Å². The molecule has 0 fully saturated rings. The van der Waals surface area contributed by atoms with Crippen molar-refractivity contribution < 1.29 is 4.74 Å². The monoisotopic (exact) mass is 195 g/mol. The topological polar surface area (TPSA) is 81.0 Å². The molecule has 1 aromatic heterocycles.